The van der Waals surface area contributed by atoms with E-state index in [1.54, 1.807) is 0 Å². The van der Waals surface area contributed by atoms with E-state index in [0.29, 0.717) is 4.31 Å². The van der Waals surface area contributed by atoms with Gasteiger partial charge in [-0.25, -0.2) is 21.9 Å². The number of amides is 1. The molecule has 3 aromatic rings. The molecule has 2 heterocycles. The third-order valence-corrected chi connectivity index (χ3v) is 7.62. The minimum Gasteiger partial charge on any atom is -0.350 e. The van der Waals surface area contributed by atoms with Crippen LogP contribution in [-0.2, 0) is 27.5 Å². The number of nitrogens with one attached hydrogen (secondary N) is 1. The number of carbonyl (C=O) groups is 1. The Morgan fingerprint density at radius 3 is 2.38 bits per heavy atom. The molecule has 2 atom stereocenters. The summed E-state index contributed by atoms with van der Waals surface area (Å²) in [6.45, 7) is -0.840. The van der Waals surface area contributed by atoms with Crippen LogP contribution in [0, 0.1) is 17.1 Å². The molecule has 14 heteroatoms. The molecule has 2 aromatic carbocycles. The largest absolute Gasteiger partial charge is 0.416 e. The van der Waals surface area contributed by atoms with Gasteiger partial charge in [0.15, 0.2) is 5.69 Å². The van der Waals surface area contributed by atoms with Gasteiger partial charge in [-0.3, -0.25) is 4.79 Å². The van der Waals surface area contributed by atoms with Crippen molar-refractivity contribution < 1.29 is 35.2 Å². The van der Waals surface area contributed by atoms with E-state index in [4.69, 9.17) is 0 Å². The summed E-state index contributed by atoms with van der Waals surface area (Å²) in [5.41, 5.74) is -0.543. The Balaban J connectivity index is 1.50. The quantitative estimate of drug-likeness (QED) is 0.484. The molecule has 0 unspecified atom stereocenters. The number of hydrogen-bond acceptors (Lipinski definition) is 5. The predicted molar refractivity (Wildman–Crippen MR) is 119 cm³/mol. The molecule has 1 amide bonds. The summed E-state index contributed by atoms with van der Waals surface area (Å²) in [5, 5.41) is 15.9. The Morgan fingerprint density at radius 2 is 1.78 bits per heavy atom. The number of nitrogens with zero attached hydrogens (tertiary/aromatic N) is 4. The number of sulfonamides is 1. The topological polar surface area (TPSA) is 108 Å². The van der Waals surface area contributed by atoms with Crippen LogP contribution >= 0.6 is 0 Å². The van der Waals surface area contributed by atoms with Crippen molar-refractivity contribution in [1.29, 1.82) is 5.26 Å². The second-order valence-corrected chi connectivity index (χ2v) is 10.1. The van der Waals surface area contributed by atoms with Gasteiger partial charge in [-0.05, 0) is 48.5 Å². The average Bonchev–Trinajstić information content (AvgIpc) is 3.46. The fraction of sp³-hybridized carbons (Fsp3) is 0.261. The molecule has 1 aliphatic rings. The predicted octanol–water partition coefficient (Wildman–Crippen LogP) is 3.32. The molecule has 0 radical (unpaired) electrons. The number of benzene rings is 2. The van der Waals surface area contributed by atoms with Crippen molar-refractivity contribution in [2.24, 2.45) is 0 Å². The zero-order valence-corrected chi connectivity index (χ0v) is 19.6. The van der Waals surface area contributed by atoms with Crippen LogP contribution in [0.3, 0.4) is 0 Å². The zero-order valence-electron chi connectivity index (χ0n) is 18.8. The van der Waals surface area contributed by atoms with Crippen molar-refractivity contribution in [3.8, 4) is 11.8 Å². The fourth-order valence-corrected chi connectivity index (χ4v) is 5.50. The number of rotatable bonds is 6. The van der Waals surface area contributed by atoms with E-state index in [1.807, 2.05) is 6.07 Å². The lowest BCUT2D eigenvalue weighted by Crippen LogP contribution is -2.45. The molecule has 0 bridgehead atoms. The van der Waals surface area contributed by atoms with Gasteiger partial charge in [-0.1, -0.05) is 0 Å². The van der Waals surface area contributed by atoms with E-state index in [1.165, 1.54) is 10.9 Å². The Bertz CT molecular complexity index is 1450. The minimum absolute atomic E-state index is 0.120. The van der Waals surface area contributed by atoms with E-state index < -0.39 is 58.7 Å². The molecule has 194 valence electrons. The summed E-state index contributed by atoms with van der Waals surface area (Å²) in [6.07, 6.45) is -5.20. The van der Waals surface area contributed by atoms with Crippen LogP contribution in [0.1, 0.15) is 23.2 Å². The van der Waals surface area contributed by atoms with Crippen LogP contribution in [-0.4, -0.2) is 47.2 Å². The van der Waals surface area contributed by atoms with Crippen LogP contribution < -0.4 is 5.32 Å². The van der Waals surface area contributed by atoms with E-state index in [-0.39, 0.29) is 28.4 Å². The fourth-order valence-electron chi connectivity index (χ4n) is 3.87. The molecule has 1 saturated heterocycles. The molecule has 1 aliphatic heterocycles. The van der Waals surface area contributed by atoms with Crippen LogP contribution in [0.5, 0.6) is 0 Å². The number of alkyl halides is 4. The van der Waals surface area contributed by atoms with Gasteiger partial charge >= 0.3 is 6.18 Å². The van der Waals surface area contributed by atoms with Crippen molar-refractivity contribution in [3.63, 3.8) is 0 Å². The van der Waals surface area contributed by atoms with Gasteiger partial charge in [0.25, 0.3) is 0 Å². The molecule has 1 fully saturated rings. The zero-order chi connectivity index (χ0) is 27.0. The van der Waals surface area contributed by atoms with E-state index >= 15 is 0 Å². The van der Waals surface area contributed by atoms with E-state index in [9.17, 15) is 40.4 Å². The van der Waals surface area contributed by atoms with E-state index in [0.717, 1.165) is 48.5 Å². The molecule has 1 N–H and O–H groups in total. The van der Waals surface area contributed by atoms with Gasteiger partial charge < -0.3 is 5.32 Å². The molecular formula is C23H18F5N5O3S. The van der Waals surface area contributed by atoms with Crippen molar-refractivity contribution in [2.45, 2.75) is 36.3 Å². The Hall–Kier alpha value is -3.83. The lowest BCUT2D eigenvalue weighted by molar-refractivity contribution is -0.137. The SMILES string of the molecule is N#Cc1nn(-c2ccc(C(F)(F)F)cc2)cc1CNC(=O)[C@@H]1C[C@@H](F)CN1S(=O)(=O)c1ccc(F)cc1. The second-order valence-electron chi connectivity index (χ2n) is 8.20. The highest BCUT2D eigenvalue weighted by molar-refractivity contribution is 7.89. The maximum absolute atomic E-state index is 14.2. The van der Waals surface area contributed by atoms with Crippen molar-refractivity contribution in [2.75, 3.05) is 6.54 Å². The molecule has 8 nitrogen and oxygen atoms in total. The number of carbonyl (C=O) groups excluding carboxylic acids is 1. The average molecular weight is 539 g/mol. The number of aromatic nitrogens is 2. The van der Waals surface area contributed by atoms with Crippen LogP contribution in [0.25, 0.3) is 5.69 Å². The molecule has 0 aliphatic carbocycles. The lowest BCUT2D eigenvalue weighted by atomic mass is 10.2. The lowest BCUT2D eigenvalue weighted by Gasteiger charge is -2.23. The van der Waals surface area contributed by atoms with Crippen LogP contribution in [0.15, 0.2) is 59.6 Å². The molecular weight excluding hydrogens is 521 g/mol. The summed E-state index contributed by atoms with van der Waals surface area (Å²) in [4.78, 5) is 12.6. The standard InChI is InChI=1S/C23H18F5N5O3S/c24-16-3-7-19(8-4-16)37(35,36)33-13-17(25)9-21(33)22(34)30-11-14-12-32(31-20(14)10-29)18-5-1-15(2-6-18)23(26,27)28/h1-8,12,17,21H,9,11,13H2,(H,30,34)/t17-,21+/m1/s1. The Labute approximate surface area is 208 Å². The highest BCUT2D eigenvalue weighted by atomic mass is 32.2. The van der Waals surface area contributed by atoms with Crippen molar-refractivity contribution in [1.82, 2.24) is 19.4 Å². The van der Waals surface area contributed by atoms with Crippen LogP contribution in [0.2, 0.25) is 0 Å². The Kier molecular flexibility index (Phi) is 7.03. The molecule has 0 spiro atoms. The summed E-state index contributed by atoms with van der Waals surface area (Å²) < 4.78 is 93.6. The minimum atomic E-state index is -4.52. The van der Waals surface area contributed by atoms with Crippen LogP contribution in [0.4, 0.5) is 22.0 Å². The van der Waals surface area contributed by atoms with Gasteiger partial charge in [-0.15, -0.1) is 0 Å². The number of nitriles is 1. The van der Waals surface area contributed by atoms with Gasteiger partial charge in [-0.2, -0.15) is 27.8 Å². The summed E-state index contributed by atoms with van der Waals surface area (Å²) in [6, 6.07) is 8.37. The molecule has 37 heavy (non-hydrogen) atoms. The molecule has 1 aromatic heterocycles. The van der Waals surface area contributed by atoms with Gasteiger partial charge in [0, 0.05) is 31.3 Å². The first-order valence-electron chi connectivity index (χ1n) is 10.8. The maximum atomic E-state index is 14.2. The summed E-state index contributed by atoms with van der Waals surface area (Å²) >= 11 is 0. The first-order valence-corrected chi connectivity index (χ1v) is 12.2. The monoisotopic (exact) mass is 539 g/mol. The van der Waals surface area contributed by atoms with Gasteiger partial charge in [0.05, 0.1) is 16.1 Å². The first-order chi connectivity index (χ1) is 17.4. The normalized spacial score (nSPS) is 18.5. The summed E-state index contributed by atoms with van der Waals surface area (Å²) in [5.74, 6) is -1.49. The van der Waals surface area contributed by atoms with E-state index in [2.05, 4.69) is 10.4 Å². The maximum Gasteiger partial charge on any atom is 0.416 e. The smallest absolute Gasteiger partial charge is 0.350 e. The third-order valence-electron chi connectivity index (χ3n) is 5.74. The highest BCUT2D eigenvalue weighted by Crippen LogP contribution is 2.30. The van der Waals surface area contributed by atoms with Crippen molar-refractivity contribution >= 4 is 15.9 Å². The summed E-state index contributed by atoms with van der Waals surface area (Å²) in [7, 11) is -4.31. The van der Waals surface area contributed by atoms with Gasteiger partial charge in [0.2, 0.25) is 15.9 Å². The third kappa shape index (κ3) is 5.47. The Morgan fingerprint density at radius 1 is 1.14 bits per heavy atom. The number of halogens is 5. The molecule has 4 rings (SSSR count). The highest BCUT2D eigenvalue weighted by Gasteiger charge is 2.44. The molecule has 0 saturated carbocycles. The van der Waals surface area contributed by atoms with Crippen molar-refractivity contribution in [3.05, 3.63) is 77.4 Å². The first kappa shape index (κ1) is 26.2. The second kappa shape index (κ2) is 9.91. The number of hydrogen-bond donors (Lipinski definition) is 1. The van der Waals surface area contributed by atoms with Gasteiger partial charge in [0.1, 0.15) is 24.1 Å².